The number of primary amides is 1. The molecule has 2 rings (SSSR count). The van der Waals surface area contributed by atoms with Gasteiger partial charge in [-0.1, -0.05) is 30.3 Å². The van der Waals surface area contributed by atoms with Gasteiger partial charge >= 0.3 is 0 Å². The summed E-state index contributed by atoms with van der Waals surface area (Å²) in [6.45, 7) is 1.28. The van der Waals surface area contributed by atoms with Crippen LogP contribution < -0.4 is 21.1 Å². The zero-order chi connectivity index (χ0) is 18.6. The third kappa shape index (κ3) is 9.53. The van der Waals surface area contributed by atoms with E-state index in [2.05, 4.69) is 27.8 Å². The molecule has 0 aliphatic carbocycles. The van der Waals surface area contributed by atoms with Gasteiger partial charge in [-0.3, -0.25) is 9.79 Å². The molecule has 0 unspecified atom stereocenters. The topological polar surface area (TPSA) is 88.7 Å². The molecular formula is C19H25IN4O2S. The average molecular weight is 500 g/mol. The second kappa shape index (κ2) is 13.3. The Morgan fingerprint density at radius 3 is 2.63 bits per heavy atom. The summed E-state index contributed by atoms with van der Waals surface area (Å²) in [6, 6.07) is 17.8. The lowest BCUT2D eigenvalue weighted by atomic mass is 10.2. The van der Waals surface area contributed by atoms with Gasteiger partial charge < -0.3 is 21.1 Å². The number of rotatable bonds is 9. The molecule has 0 radical (unpaired) electrons. The maximum absolute atomic E-state index is 10.8. The third-order valence-corrected chi connectivity index (χ3v) is 4.38. The Morgan fingerprint density at radius 2 is 1.93 bits per heavy atom. The summed E-state index contributed by atoms with van der Waals surface area (Å²) in [6.07, 6.45) is 0. The Labute approximate surface area is 181 Å². The summed E-state index contributed by atoms with van der Waals surface area (Å²) in [5.74, 6) is 1.81. The first-order valence-corrected chi connectivity index (χ1v) is 9.28. The largest absolute Gasteiger partial charge is 0.484 e. The van der Waals surface area contributed by atoms with Crippen molar-refractivity contribution < 1.29 is 9.53 Å². The highest BCUT2D eigenvalue weighted by molar-refractivity contribution is 14.0. The van der Waals surface area contributed by atoms with Crippen LogP contribution in [0, 0.1) is 0 Å². The van der Waals surface area contributed by atoms with Crippen LogP contribution in [-0.4, -0.2) is 37.8 Å². The fourth-order valence-electron chi connectivity index (χ4n) is 2.16. The molecule has 0 aliphatic heterocycles. The number of benzene rings is 2. The molecule has 0 atom stereocenters. The van der Waals surface area contributed by atoms with E-state index in [1.165, 1.54) is 4.90 Å². The van der Waals surface area contributed by atoms with Crippen molar-refractivity contribution in [3.63, 3.8) is 0 Å². The number of nitrogens with two attached hydrogens (primary N) is 1. The number of nitrogens with one attached hydrogen (secondary N) is 2. The van der Waals surface area contributed by atoms with Crippen molar-refractivity contribution in [2.75, 3.05) is 26.0 Å². The molecule has 0 bridgehead atoms. The molecule has 0 saturated heterocycles. The minimum Gasteiger partial charge on any atom is -0.484 e. The van der Waals surface area contributed by atoms with Crippen molar-refractivity contribution in [1.82, 2.24) is 10.6 Å². The molecule has 0 aromatic heterocycles. The number of guanidine groups is 1. The van der Waals surface area contributed by atoms with Gasteiger partial charge in [0.1, 0.15) is 5.75 Å². The van der Waals surface area contributed by atoms with E-state index >= 15 is 0 Å². The van der Waals surface area contributed by atoms with Gasteiger partial charge in [0.2, 0.25) is 0 Å². The van der Waals surface area contributed by atoms with E-state index in [-0.39, 0.29) is 30.6 Å². The molecular weight excluding hydrogens is 475 g/mol. The van der Waals surface area contributed by atoms with Crippen molar-refractivity contribution in [3.05, 3.63) is 60.2 Å². The summed E-state index contributed by atoms with van der Waals surface area (Å²) >= 11 is 1.80. The molecule has 4 N–H and O–H groups in total. The lowest BCUT2D eigenvalue weighted by Crippen LogP contribution is -2.37. The lowest BCUT2D eigenvalue weighted by molar-refractivity contribution is -0.119. The minimum absolute atomic E-state index is 0. The number of carbonyl (C=O) groups excluding carboxylic acids is 1. The average Bonchev–Trinajstić information content (AvgIpc) is 2.67. The van der Waals surface area contributed by atoms with Crippen LogP contribution >= 0.6 is 35.7 Å². The van der Waals surface area contributed by atoms with Gasteiger partial charge in [0, 0.05) is 30.8 Å². The number of nitrogens with zero attached hydrogens (tertiary/aromatic N) is 1. The maximum atomic E-state index is 10.8. The van der Waals surface area contributed by atoms with Crippen molar-refractivity contribution in [2.24, 2.45) is 10.7 Å². The van der Waals surface area contributed by atoms with E-state index in [9.17, 15) is 4.79 Å². The van der Waals surface area contributed by atoms with E-state index < -0.39 is 5.91 Å². The fourth-order valence-corrected chi connectivity index (χ4v) is 2.95. The highest BCUT2D eigenvalue weighted by Crippen LogP contribution is 2.15. The molecule has 0 heterocycles. The first kappa shape index (κ1) is 23.1. The van der Waals surface area contributed by atoms with Gasteiger partial charge in [-0.25, -0.2) is 0 Å². The molecule has 27 heavy (non-hydrogen) atoms. The fraction of sp³-hybridized carbons (Fsp3) is 0.263. The molecule has 2 aromatic rings. The second-order valence-corrected chi connectivity index (χ2v) is 6.58. The van der Waals surface area contributed by atoms with Crippen LogP contribution in [0.5, 0.6) is 5.75 Å². The van der Waals surface area contributed by atoms with E-state index in [1.807, 2.05) is 36.4 Å². The molecule has 6 nitrogen and oxygen atoms in total. The van der Waals surface area contributed by atoms with E-state index in [4.69, 9.17) is 10.5 Å². The highest BCUT2D eigenvalue weighted by atomic mass is 127. The van der Waals surface area contributed by atoms with Crippen LogP contribution in [0.3, 0.4) is 0 Å². The molecule has 1 amide bonds. The number of halogens is 1. The van der Waals surface area contributed by atoms with E-state index in [1.54, 1.807) is 24.9 Å². The van der Waals surface area contributed by atoms with Gasteiger partial charge in [0.25, 0.3) is 5.91 Å². The predicted molar refractivity (Wildman–Crippen MR) is 122 cm³/mol. The smallest absolute Gasteiger partial charge is 0.255 e. The van der Waals surface area contributed by atoms with Crippen LogP contribution in [0.1, 0.15) is 5.56 Å². The van der Waals surface area contributed by atoms with Gasteiger partial charge in [-0.2, -0.15) is 0 Å². The van der Waals surface area contributed by atoms with Crippen molar-refractivity contribution >= 4 is 47.6 Å². The predicted octanol–water partition coefficient (Wildman–Crippen LogP) is 2.63. The van der Waals surface area contributed by atoms with Crippen molar-refractivity contribution in [3.8, 4) is 5.75 Å². The quantitative estimate of drug-likeness (QED) is 0.162. The van der Waals surface area contributed by atoms with Crippen LogP contribution in [0.25, 0.3) is 0 Å². The highest BCUT2D eigenvalue weighted by Gasteiger charge is 2.02. The number of hydrogen-bond acceptors (Lipinski definition) is 4. The Hall–Kier alpha value is -1.94. The Balaban J connectivity index is 0.00000364. The number of amides is 1. The zero-order valence-corrected chi connectivity index (χ0v) is 18.3. The first-order chi connectivity index (χ1) is 12.7. The summed E-state index contributed by atoms with van der Waals surface area (Å²) < 4.78 is 5.31. The number of aliphatic imine (C=N–C) groups is 1. The van der Waals surface area contributed by atoms with Crippen LogP contribution in [-0.2, 0) is 11.3 Å². The molecule has 2 aromatic carbocycles. The molecule has 0 saturated carbocycles. The third-order valence-electron chi connectivity index (χ3n) is 3.37. The van der Waals surface area contributed by atoms with Gasteiger partial charge in [-0.05, 0) is 29.8 Å². The van der Waals surface area contributed by atoms with Gasteiger partial charge in [-0.15, -0.1) is 35.7 Å². The standard InChI is InChI=1S/C19H24N4O2S.HI/c1-21-19(22-10-11-26-17-8-3-2-4-9-17)23-13-15-6-5-7-16(12-15)25-14-18(20)24;/h2-9,12H,10-11,13-14H2,1H3,(H2,20,24)(H2,21,22,23);1H. The first-order valence-electron chi connectivity index (χ1n) is 8.30. The van der Waals surface area contributed by atoms with Gasteiger partial charge in [0.05, 0.1) is 0 Å². The van der Waals surface area contributed by atoms with Crippen LogP contribution in [0.2, 0.25) is 0 Å². The number of hydrogen-bond donors (Lipinski definition) is 3. The monoisotopic (exact) mass is 500 g/mol. The normalized spacial score (nSPS) is 10.6. The second-order valence-electron chi connectivity index (χ2n) is 5.42. The number of carbonyl (C=O) groups is 1. The number of ether oxygens (including phenoxy) is 1. The van der Waals surface area contributed by atoms with Crippen LogP contribution in [0.4, 0.5) is 0 Å². The Morgan fingerprint density at radius 1 is 1.15 bits per heavy atom. The number of thioether (sulfide) groups is 1. The molecule has 0 spiro atoms. The lowest BCUT2D eigenvalue weighted by Gasteiger charge is -2.12. The Bertz CT molecular complexity index is 729. The van der Waals surface area contributed by atoms with E-state index in [0.29, 0.717) is 12.3 Å². The van der Waals surface area contributed by atoms with Crippen LogP contribution in [0.15, 0.2) is 64.5 Å². The summed E-state index contributed by atoms with van der Waals surface area (Å²) in [4.78, 5) is 16.3. The molecule has 0 aliphatic rings. The van der Waals surface area contributed by atoms with Gasteiger partial charge in [0.15, 0.2) is 12.6 Å². The van der Waals surface area contributed by atoms with Crippen molar-refractivity contribution in [2.45, 2.75) is 11.4 Å². The summed E-state index contributed by atoms with van der Waals surface area (Å²) in [5.41, 5.74) is 6.11. The summed E-state index contributed by atoms with van der Waals surface area (Å²) in [7, 11) is 1.74. The molecule has 0 fully saturated rings. The molecule has 146 valence electrons. The maximum Gasteiger partial charge on any atom is 0.255 e. The minimum atomic E-state index is -0.494. The zero-order valence-electron chi connectivity index (χ0n) is 15.2. The summed E-state index contributed by atoms with van der Waals surface area (Å²) in [5, 5.41) is 6.55. The van der Waals surface area contributed by atoms with E-state index in [0.717, 1.165) is 23.8 Å². The van der Waals surface area contributed by atoms with Crippen molar-refractivity contribution in [1.29, 1.82) is 0 Å². The SMILES string of the molecule is CN=C(NCCSc1ccccc1)NCc1cccc(OCC(N)=O)c1.I. The Kier molecular flexibility index (Phi) is 11.3. The molecule has 8 heteroatoms.